The van der Waals surface area contributed by atoms with Crippen molar-refractivity contribution in [3.05, 3.63) is 57.9 Å². The Bertz CT molecular complexity index is 1180. The normalized spacial score (nSPS) is 10.9. The predicted octanol–water partition coefficient (Wildman–Crippen LogP) is 3.62. The van der Waals surface area contributed by atoms with Crippen LogP contribution in [0.4, 0.5) is 5.69 Å². The first-order valence-corrected chi connectivity index (χ1v) is 10.3. The van der Waals surface area contributed by atoms with Gasteiger partial charge in [0.1, 0.15) is 17.1 Å². The van der Waals surface area contributed by atoms with E-state index < -0.39 is 0 Å². The van der Waals surface area contributed by atoms with Gasteiger partial charge in [-0.3, -0.25) is 14.2 Å². The van der Waals surface area contributed by atoms with Crippen molar-refractivity contribution in [3.63, 3.8) is 0 Å². The van der Waals surface area contributed by atoms with Crippen molar-refractivity contribution in [2.24, 2.45) is 0 Å². The monoisotopic (exact) mass is 412 g/mol. The highest BCUT2D eigenvalue weighted by Crippen LogP contribution is 2.33. The number of carbonyl (C=O) groups excluding carboxylic acids is 1. The molecule has 7 nitrogen and oxygen atoms in total. The van der Waals surface area contributed by atoms with Crippen molar-refractivity contribution in [1.29, 1.82) is 0 Å². The number of hydrogen-bond donors (Lipinski definition) is 1. The smallest absolute Gasteiger partial charge is 0.263 e. The number of ether oxygens (including phenoxy) is 1. The van der Waals surface area contributed by atoms with Crippen molar-refractivity contribution in [3.8, 4) is 16.3 Å². The summed E-state index contributed by atoms with van der Waals surface area (Å²) in [5, 5.41) is 7.18. The Morgan fingerprint density at radius 2 is 2.14 bits per heavy atom. The fourth-order valence-electron chi connectivity index (χ4n) is 2.78. The molecule has 1 N–H and O–H groups in total. The number of fused-ring (bicyclic) bond motifs is 1. The van der Waals surface area contributed by atoms with Crippen molar-refractivity contribution in [2.45, 2.75) is 13.5 Å². The molecule has 0 atom stereocenters. The van der Waals surface area contributed by atoms with E-state index in [-0.39, 0.29) is 18.0 Å². The zero-order valence-corrected chi connectivity index (χ0v) is 16.5. The van der Waals surface area contributed by atoms with Crippen molar-refractivity contribution in [2.75, 3.05) is 11.9 Å². The van der Waals surface area contributed by atoms with Crippen LogP contribution in [0.25, 0.3) is 20.7 Å². The minimum atomic E-state index is -0.356. The van der Waals surface area contributed by atoms with Crippen molar-refractivity contribution < 1.29 is 9.53 Å². The van der Waals surface area contributed by atoms with E-state index in [1.807, 2.05) is 29.8 Å². The number of nitrogens with one attached hydrogen (secondary N) is 1. The van der Waals surface area contributed by atoms with Crippen LogP contribution in [-0.2, 0) is 11.3 Å². The molecule has 4 rings (SSSR count). The molecular weight excluding hydrogens is 396 g/mol. The van der Waals surface area contributed by atoms with Crippen molar-refractivity contribution in [1.82, 2.24) is 14.5 Å². The van der Waals surface area contributed by atoms with Gasteiger partial charge in [-0.1, -0.05) is 6.07 Å². The molecular formula is C19H16N4O3S2. The highest BCUT2D eigenvalue weighted by Gasteiger charge is 2.16. The average Bonchev–Trinajstić information content (AvgIpc) is 3.35. The van der Waals surface area contributed by atoms with E-state index in [0.29, 0.717) is 28.4 Å². The van der Waals surface area contributed by atoms with E-state index in [9.17, 15) is 9.59 Å². The first-order chi connectivity index (χ1) is 13.7. The SMILES string of the molecule is CCOc1ncccc1NC(=O)Cn1cnc2scc(-c3cccs3)c2c1=O. The van der Waals surface area contributed by atoms with Gasteiger partial charge in [0.25, 0.3) is 5.56 Å². The lowest BCUT2D eigenvalue weighted by molar-refractivity contribution is -0.116. The molecule has 28 heavy (non-hydrogen) atoms. The molecule has 0 spiro atoms. The summed E-state index contributed by atoms with van der Waals surface area (Å²) in [6, 6.07) is 7.31. The molecule has 4 heterocycles. The molecule has 0 saturated heterocycles. The van der Waals surface area contributed by atoms with Crippen LogP contribution in [0.3, 0.4) is 0 Å². The van der Waals surface area contributed by atoms with E-state index in [1.54, 1.807) is 29.7 Å². The number of carbonyl (C=O) groups is 1. The van der Waals surface area contributed by atoms with Crippen LogP contribution in [0.1, 0.15) is 6.92 Å². The molecule has 4 aromatic heterocycles. The summed E-state index contributed by atoms with van der Waals surface area (Å²) in [6.07, 6.45) is 3.00. The molecule has 0 unspecified atom stereocenters. The molecule has 0 aliphatic heterocycles. The summed E-state index contributed by atoms with van der Waals surface area (Å²) in [7, 11) is 0. The number of nitrogens with zero attached hydrogens (tertiary/aromatic N) is 3. The molecule has 0 bridgehead atoms. The van der Waals surface area contributed by atoms with Gasteiger partial charge in [0.2, 0.25) is 11.8 Å². The molecule has 0 aliphatic rings. The number of rotatable bonds is 6. The Balaban J connectivity index is 1.62. The zero-order chi connectivity index (χ0) is 19.5. The molecule has 0 saturated carbocycles. The van der Waals surface area contributed by atoms with Crippen molar-refractivity contribution >= 4 is 44.5 Å². The standard InChI is InChI=1S/C19H16N4O3S2/c1-2-26-17-13(5-3-7-20-17)22-15(24)9-23-11-21-18-16(19(23)25)12(10-28-18)14-6-4-8-27-14/h3-8,10-11H,2,9H2,1H3,(H,22,24). The summed E-state index contributed by atoms with van der Waals surface area (Å²) >= 11 is 2.98. The Morgan fingerprint density at radius 1 is 1.25 bits per heavy atom. The zero-order valence-electron chi connectivity index (χ0n) is 14.9. The van der Waals surface area contributed by atoms with Gasteiger partial charge in [0.05, 0.1) is 18.3 Å². The van der Waals surface area contributed by atoms with Crippen LogP contribution in [0.15, 0.2) is 52.3 Å². The van der Waals surface area contributed by atoms with Gasteiger partial charge in [-0.05, 0) is 30.5 Å². The van der Waals surface area contributed by atoms with Crippen LogP contribution in [0.2, 0.25) is 0 Å². The third kappa shape index (κ3) is 3.54. The minimum Gasteiger partial charge on any atom is -0.476 e. The lowest BCUT2D eigenvalue weighted by Gasteiger charge is -2.11. The number of aromatic nitrogens is 3. The van der Waals surface area contributed by atoms with Gasteiger partial charge in [0.15, 0.2) is 0 Å². The fraction of sp³-hybridized carbons (Fsp3) is 0.158. The maximum absolute atomic E-state index is 13.0. The highest BCUT2D eigenvalue weighted by molar-refractivity contribution is 7.18. The number of hydrogen-bond acceptors (Lipinski definition) is 7. The first-order valence-electron chi connectivity index (χ1n) is 8.55. The van der Waals surface area contributed by atoms with Gasteiger partial charge in [-0.15, -0.1) is 22.7 Å². The number of amides is 1. The Morgan fingerprint density at radius 3 is 2.93 bits per heavy atom. The molecule has 0 aromatic carbocycles. The maximum atomic E-state index is 13.0. The van der Waals surface area contributed by atoms with Crippen LogP contribution < -0.4 is 15.6 Å². The van der Waals surface area contributed by atoms with Gasteiger partial charge in [-0.2, -0.15) is 0 Å². The molecule has 4 aromatic rings. The van der Waals surface area contributed by atoms with E-state index in [4.69, 9.17) is 4.74 Å². The summed E-state index contributed by atoms with van der Waals surface area (Å²) < 4.78 is 6.73. The summed E-state index contributed by atoms with van der Waals surface area (Å²) in [5.41, 5.74) is 1.08. The van der Waals surface area contributed by atoms with Crippen LogP contribution >= 0.6 is 22.7 Å². The molecule has 0 fully saturated rings. The predicted molar refractivity (Wildman–Crippen MR) is 111 cm³/mol. The quantitative estimate of drug-likeness (QED) is 0.523. The minimum absolute atomic E-state index is 0.151. The number of pyridine rings is 1. The Kier molecular flexibility index (Phi) is 5.18. The molecule has 1 amide bonds. The van der Waals surface area contributed by atoms with E-state index >= 15 is 0 Å². The highest BCUT2D eigenvalue weighted by atomic mass is 32.1. The largest absolute Gasteiger partial charge is 0.476 e. The average molecular weight is 412 g/mol. The van der Waals surface area contributed by atoms with Crippen LogP contribution in [-0.4, -0.2) is 27.0 Å². The van der Waals surface area contributed by atoms with E-state index in [1.165, 1.54) is 22.2 Å². The second kappa shape index (κ2) is 7.91. The summed E-state index contributed by atoms with van der Waals surface area (Å²) in [4.78, 5) is 35.6. The van der Waals surface area contributed by atoms with Gasteiger partial charge in [-0.25, -0.2) is 9.97 Å². The Labute approximate surface area is 168 Å². The van der Waals surface area contributed by atoms with E-state index in [2.05, 4.69) is 15.3 Å². The molecule has 9 heteroatoms. The second-order valence-corrected chi connectivity index (χ2v) is 7.63. The number of anilines is 1. The number of thiophene rings is 2. The molecule has 0 aliphatic carbocycles. The molecule has 142 valence electrons. The lowest BCUT2D eigenvalue weighted by atomic mass is 10.2. The first kappa shape index (κ1) is 18.3. The maximum Gasteiger partial charge on any atom is 0.263 e. The third-order valence-electron chi connectivity index (χ3n) is 3.99. The second-order valence-electron chi connectivity index (χ2n) is 5.82. The van der Waals surface area contributed by atoms with Gasteiger partial charge < -0.3 is 10.1 Å². The summed E-state index contributed by atoms with van der Waals surface area (Å²) in [5.74, 6) is -0.0119. The fourth-order valence-corrected chi connectivity index (χ4v) is 4.50. The van der Waals surface area contributed by atoms with Crippen LogP contribution in [0, 0.1) is 0 Å². The van der Waals surface area contributed by atoms with E-state index in [0.717, 1.165) is 10.4 Å². The Hall–Kier alpha value is -3.04. The van der Waals surface area contributed by atoms with Gasteiger partial charge >= 0.3 is 0 Å². The third-order valence-corrected chi connectivity index (χ3v) is 5.78. The lowest BCUT2D eigenvalue weighted by Crippen LogP contribution is -2.28. The van der Waals surface area contributed by atoms with Crippen LogP contribution in [0.5, 0.6) is 5.88 Å². The molecule has 0 radical (unpaired) electrons. The topological polar surface area (TPSA) is 86.1 Å². The van der Waals surface area contributed by atoms with Gasteiger partial charge in [0, 0.05) is 22.0 Å². The summed E-state index contributed by atoms with van der Waals surface area (Å²) in [6.45, 7) is 2.12.